The predicted molar refractivity (Wildman–Crippen MR) is 130 cm³/mol. The Hall–Kier alpha value is 0.600. The van der Waals surface area contributed by atoms with E-state index in [1.807, 2.05) is 0 Å². The number of rotatable bonds is 29. The van der Waals surface area contributed by atoms with Gasteiger partial charge in [0.2, 0.25) is 0 Å². The highest BCUT2D eigenvalue weighted by Crippen LogP contribution is 1.89. The van der Waals surface area contributed by atoms with Crippen molar-refractivity contribution < 1.29 is 42.6 Å². The molecular formula is C21H42Br2O9. The lowest BCUT2D eigenvalue weighted by Crippen LogP contribution is -2.15. The van der Waals surface area contributed by atoms with Gasteiger partial charge in [-0.25, -0.2) is 0 Å². The number of hydrogen-bond acceptors (Lipinski definition) is 9. The second-order valence-corrected chi connectivity index (χ2v) is 7.83. The zero-order chi connectivity index (χ0) is 23.2. The van der Waals surface area contributed by atoms with Crippen LogP contribution in [0.4, 0.5) is 0 Å². The molecule has 0 aliphatic carbocycles. The Bertz CT molecular complexity index is 302. The SMILES string of the molecule is BrCCCOCCOCCOCCOCCOCCOCCOCCOCCOCCBr. The predicted octanol–water partition coefficient (Wildman–Crippen LogP) is 2.32. The van der Waals surface area contributed by atoms with Gasteiger partial charge in [-0.1, -0.05) is 31.9 Å². The Labute approximate surface area is 210 Å². The summed E-state index contributed by atoms with van der Waals surface area (Å²) in [7, 11) is 0. The maximum atomic E-state index is 5.44. The Morgan fingerprint density at radius 1 is 0.250 bits per heavy atom. The first-order valence-corrected chi connectivity index (χ1v) is 13.5. The highest BCUT2D eigenvalue weighted by Gasteiger charge is 1.95. The lowest BCUT2D eigenvalue weighted by atomic mass is 10.5. The van der Waals surface area contributed by atoms with Crippen LogP contribution in [-0.2, 0) is 42.6 Å². The van der Waals surface area contributed by atoms with Crippen molar-refractivity contribution in [2.45, 2.75) is 6.42 Å². The molecule has 0 aliphatic heterocycles. The molecule has 0 N–H and O–H groups in total. The first-order valence-electron chi connectivity index (χ1n) is 11.2. The van der Waals surface area contributed by atoms with Gasteiger partial charge in [0.25, 0.3) is 0 Å². The lowest BCUT2D eigenvalue weighted by Gasteiger charge is -2.08. The molecule has 0 unspecified atom stereocenters. The maximum absolute atomic E-state index is 5.44. The fraction of sp³-hybridized carbons (Fsp3) is 1.00. The van der Waals surface area contributed by atoms with Crippen LogP contribution in [0.1, 0.15) is 6.42 Å². The molecule has 0 heterocycles. The van der Waals surface area contributed by atoms with Gasteiger partial charge in [0.15, 0.2) is 0 Å². The third-order valence-corrected chi connectivity index (χ3v) is 4.50. The number of hydrogen-bond donors (Lipinski definition) is 0. The van der Waals surface area contributed by atoms with Gasteiger partial charge in [0.05, 0.1) is 112 Å². The van der Waals surface area contributed by atoms with E-state index in [1.54, 1.807) is 0 Å². The summed E-state index contributed by atoms with van der Waals surface area (Å²) in [4.78, 5) is 0. The van der Waals surface area contributed by atoms with Crippen molar-refractivity contribution in [1.29, 1.82) is 0 Å². The van der Waals surface area contributed by atoms with Gasteiger partial charge in [0.1, 0.15) is 0 Å². The first kappa shape index (κ1) is 32.6. The third-order valence-electron chi connectivity index (χ3n) is 3.62. The molecular weight excluding hydrogens is 556 g/mol. The van der Waals surface area contributed by atoms with E-state index in [0.717, 1.165) is 23.7 Å². The fourth-order valence-electron chi connectivity index (χ4n) is 2.07. The molecule has 0 saturated carbocycles. The number of ether oxygens (including phenoxy) is 9. The van der Waals surface area contributed by atoms with E-state index in [0.29, 0.717) is 112 Å². The average Bonchev–Trinajstić information content (AvgIpc) is 2.81. The lowest BCUT2D eigenvalue weighted by molar-refractivity contribution is -0.0247. The van der Waals surface area contributed by atoms with Gasteiger partial charge in [-0.2, -0.15) is 0 Å². The molecule has 0 aromatic heterocycles. The Morgan fingerprint density at radius 3 is 0.688 bits per heavy atom. The highest BCUT2D eigenvalue weighted by molar-refractivity contribution is 9.09. The van der Waals surface area contributed by atoms with Gasteiger partial charge < -0.3 is 42.6 Å². The second-order valence-electron chi connectivity index (χ2n) is 6.24. The summed E-state index contributed by atoms with van der Waals surface area (Å²) in [6.45, 7) is 10.4. The van der Waals surface area contributed by atoms with Crippen LogP contribution in [-0.4, -0.2) is 130 Å². The molecule has 0 aliphatic rings. The summed E-state index contributed by atoms with van der Waals surface area (Å²) in [5.74, 6) is 0. The average molecular weight is 598 g/mol. The van der Waals surface area contributed by atoms with Gasteiger partial charge >= 0.3 is 0 Å². The van der Waals surface area contributed by atoms with E-state index in [-0.39, 0.29) is 0 Å². The minimum Gasteiger partial charge on any atom is -0.379 e. The molecule has 0 radical (unpaired) electrons. The van der Waals surface area contributed by atoms with E-state index in [2.05, 4.69) is 31.9 Å². The molecule has 32 heavy (non-hydrogen) atoms. The van der Waals surface area contributed by atoms with Crippen molar-refractivity contribution in [2.24, 2.45) is 0 Å². The van der Waals surface area contributed by atoms with Crippen LogP contribution >= 0.6 is 31.9 Å². The maximum Gasteiger partial charge on any atom is 0.0701 e. The van der Waals surface area contributed by atoms with Crippen molar-refractivity contribution in [1.82, 2.24) is 0 Å². The van der Waals surface area contributed by atoms with E-state index in [4.69, 9.17) is 42.6 Å². The van der Waals surface area contributed by atoms with Crippen LogP contribution in [0.2, 0.25) is 0 Å². The normalized spacial score (nSPS) is 11.4. The smallest absolute Gasteiger partial charge is 0.0701 e. The van der Waals surface area contributed by atoms with Gasteiger partial charge in [-0.05, 0) is 6.42 Å². The largest absolute Gasteiger partial charge is 0.379 e. The Morgan fingerprint density at radius 2 is 0.469 bits per heavy atom. The third kappa shape index (κ3) is 30.6. The standard InChI is InChI=1S/C21H42Br2O9/c22-2-1-4-24-6-8-26-10-12-28-14-16-30-18-20-32-21-19-31-17-15-29-13-11-27-9-7-25-5-3-23/h1-21H2. The Kier molecular flexibility index (Phi) is 32.2. The van der Waals surface area contributed by atoms with Crippen LogP contribution < -0.4 is 0 Å². The molecule has 0 bridgehead atoms. The molecule has 0 rings (SSSR count). The van der Waals surface area contributed by atoms with Crippen LogP contribution in [0.25, 0.3) is 0 Å². The molecule has 9 nitrogen and oxygen atoms in total. The van der Waals surface area contributed by atoms with Crippen molar-refractivity contribution in [3.05, 3.63) is 0 Å². The molecule has 11 heteroatoms. The van der Waals surface area contributed by atoms with E-state index in [1.165, 1.54) is 0 Å². The van der Waals surface area contributed by atoms with Crippen LogP contribution in [0.15, 0.2) is 0 Å². The van der Waals surface area contributed by atoms with Crippen molar-refractivity contribution in [2.75, 3.05) is 130 Å². The molecule has 0 aromatic carbocycles. The fourth-order valence-corrected chi connectivity index (χ4v) is 2.53. The van der Waals surface area contributed by atoms with E-state index in [9.17, 15) is 0 Å². The molecule has 0 aromatic rings. The topological polar surface area (TPSA) is 83.1 Å². The van der Waals surface area contributed by atoms with E-state index >= 15 is 0 Å². The molecule has 0 fully saturated rings. The quantitative estimate of drug-likeness (QED) is 0.0953. The summed E-state index contributed by atoms with van der Waals surface area (Å²) < 4.78 is 48.6. The van der Waals surface area contributed by atoms with Crippen molar-refractivity contribution >= 4 is 31.9 Å². The number of alkyl halides is 2. The van der Waals surface area contributed by atoms with Crippen LogP contribution in [0.5, 0.6) is 0 Å². The second kappa shape index (κ2) is 31.6. The number of halogens is 2. The molecule has 194 valence electrons. The van der Waals surface area contributed by atoms with Gasteiger partial charge in [0, 0.05) is 17.3 Å². The molecule has 0 saturated heterocycles. The van der Waals surface area contributed by atoms with Crippen molar-refractivity contribution in [3.8, 4) is 0 Å². The molecule has 0 amide bonds. The zero-order valence-corrected chi connectivity index (χ0v) is 22.5. The zero-order valence-electron chi connectivity index (χ0n) is 19.3. The Balaban J connectivity index is 2.98. The van der Waals surface area contributed by atoms with Gasteiger partial charge in [-0.3, -0.25) is 0 Å². The molecule has 0 atom stereocenters. The molecule has 0 spiro atoms. The monoisotopic (exact) mass is 596 g/mol. The van der Waals surface area contributed by atoms with Crippen molar-refractivity contribution in [3.63, 3.8) is 0 Å². The first-order chi connectivity index (χ1) is 15.9. The minimum atomic E-state index is 0.536. The van der Waals surface area contributed by atoms with Crippen LogP contribution in [0.3, 0.4) is 0 Å². The summed E-state index contributed by atoms with van der Waals surface area (Å²) in [5.41, 5.74) is 0. The highest BCUT2D eigenvalue weighted by atomic mass is 79.9. The summed E-state index contributed by atoms with van der Waals surface area (Å²) in [5, 5.41) is 1.81. The summed E-state index contributed by atoms with van der Waals surface area (Å²) in [6.07, 6.45) is 1.02. The minimum absolute atomic E-state index is 0.536. The summed E-state index contributed by atoms with van der Waals surface area (Å²) >= 11 is 6.65. The van der Waals surface area contributed by atoms with Crippen LogP contribution in [0, 0.1) is 0 Å². The summed E-state index contributed by atoms with van der Waals surface area (Å²) in [6, 6.07) is 0. The van der Waals surface area contributed by atoms with Gasteiger partial charge in [-0.15, -0.1) is 0 Å². The van der Waals surface area contributed by atoms with E-state index < -0.39 is 0 Å².